The Labute approximate surface area is 91.3 Å². The van der Waals surface area contributed by atoms with E-state index in [0.29, 0.717) is 0 Å². The van der Waals surface area contributed by atoms with Gasteiger partial charge in [-0.25, -0.2) is 0 Å². The second-order valence-corrected chi connectivity index (χ2v) is 3.51. The van der Waals surface area contributed by atoms with Gasteiger partial charge in [-0.05, 0) is 12.1 Å². The topological polar surface area (TPSA) is 131 Å². The maximum absolute atomic E-state index is 11.3. The number of hydrogen-bond donors (Lipinski definition) is 2. The molecule has 86 valence electrons. The molecule has 0 aliphatic heterocycles. The number of aromatic amines is 2. The quantitative estimate of drug-likeness (QED) is 0.472. The standard InChI is InChI=1S/C10H4N2O4.H2O/c13-7-3-1-4-6(10(16)12-8(4)14)2-5(3)9(15)11-7;/h1-2H,(H,11,13,15)(H,12,14,16);1H2. The lowest BCUT2D eigenvalue weighted by Crippen LogP contribution is -2.06. The summed E-state index contributed by atoms with van der Waals surface area (Å²) < 4.78 is 0. The minimum atomic E-state index is -0.546. The van der Waals surface area contributed by atoms with E-state index in [1.807, 2.05) is 0 Å². The molecule has 3 aromatic rings. The van der Waals surface area contributed by atoms with Crippen molar-refractivity contribution in [2.75, 3.05) is 0 Å². The van der Waals surface area contributed by atoms with Crippen molar-refractivity contribution in [3.8, 4) is 0 Å². The van der Waals surface area contributed by atoms with Crippen LogP contribution in [0.1, 0.15) is 0 Å². The van der Waals surface area contributed by atoms with Gasteiger partial charge in [0.05, 0.1) is 21.5 Å². The molecule has 2 heterocycles. The molecule has 17 heavy (non-hydrogen) atoms. The molecule has 0 atom stereocenters. The highest BCUT2D eigenvalue weighted by Crippen LogP contribution is 2.12. The molecule has 0 saturated heterocycles. The molecule has 1 aromatic carbocycles. The van der Waals surface area contributed by atoms with Crippen LogP contribution in [0, 0.1) is 0 Å². The van der Waals surface area contributed by atoms with Crippen LogP contribution in [-0.4, -0.2) is 15.4 Å². The third-order valence-corrected chi connectivity index (χ3v) is 2.59. The zero-order chi connectivity index (χ0) is 11.4. The average molecular weight is 234 g/mol. The molecule has 0 saturated carbocycles. The van der Waals surface area contributed by atoms with E-state index in [9.17, 15) is 19.2 Å². The first-order chi connectivity index (χ1) is 7.58. The fourth-order valence-corrected chi connectivity index (χ4v) is 1.83. The van der Waals surface area contributed by atoms with E-state index >= 15 is 0 Å². The lowest BCUT2D eigenvalue weighted by Gasteiger charge is -1.86. The molecule has 2 aromatic heterocycles. The van der Waals surface area contributed by atoms with Gasteiger partial charge in [-0.15, -0.1) is 0 Å². The third kappa shape index (κ3) is 1.26. The summed E-state index contributed by atoms with van der Waals surface area (Å²) in [6.07, 6.45) is 0. The van der Waals surface area contributed by atoms with Crippen LogP contribution in [0.25, 0.3) is 21.5 Å². The van der Waals surface area contributed by atoms with E-state index in [1.54, 1.807) is 0 Å². The molecular weight excluding hydrogens is 228 g/mol. The van der Waals surface area contributed by atoms with E-state index < -0.39 is 22.2 Å². The molecule has 0 spiro atoms. The van der Waals surface area contributed by atoms with Gasteiger partial charge in [0.1, 0.15) is 0 Å². The highest BCUT2D eigenvalue weighted by Gasteiger charge is 2.12. The zero-order valence-electron chi connectivity index (χ0n) is 8.29. The van der Waals surface area contributed by atoms with Crippen LogP contribution in [-0.2, 0) is 0 Å². The van der Waals surface area contributed by atoms with Crippen LogP contribution in [0.5, 0.6) is 0 Å². The van der Waals surface area contributed by atoms with Gasteiger partial charge in [0.25, 0.3) is 22.2 Å². The molecule has 4 N–H and O–H groups in total. The zero-order valence-corrected chi connectivity index (χ0v) is 8.29. The predicted molar refractivity (Wildman–Crippen MR) is 61.2 cm³/mol. The molecule has 7 nitrogen and oxygen atoms in total. The molecule has 0 unspecified atom stereocenters. The average Bonchev–Trinajstić information content (AvgIpc) is 2.67. The van der Waals surface area contributed by atoms with Crippen molar-refractivity contribution < 1.29 is 5.48 Å². The number of hydrogen-bond acceptors (Lipinski definition) is 4. The molecule has 0 bridgehead atoms. The van der Waals surface area contributed by atoms with Gasteiger partial charge >= 0.3 is 0 Å². The van der Waals surface area contributed by atoms with Gasteiger partial charge in [-0.1, -0.05) is 0 Å². The Morgan fingerprint density at radius 1 is 0.588 bits per heavy atom. The summed E-state index contributed by atoms with van der Waals surface area (Å²) in [6, 6.07) is 2.54. The summed E-state index contributed by atoms with van der Waals surface area (Å²) in [5.74, 6) is 0. The fraction of sp³-hybridized carbons (Fsp3) is 0. The van der Waals surface area contributed by atoms with E-state index in [1.165, 1.54) is 12.1 Å². The number of nitrogens with one attached hydrogen (secondary N) is 2. The first kappa shape index (κ1) is 11.0. The first-order valence-corrected chi connectivity index (χ1v) is 4.47. The van der Waals surface area contributed by atoms with Gasteiger partial charge in [-0.2, -0.15) is 0 Å². The predicted octanol–water partition coefficient (Wildman–Crippen LogP) is -1.86. The second kappa shape index (κ2) is 3.22. The smallest absolute Gasteiger partial charge is 0.258 e. The van der Waals surface area contributed by atoms with Crippen molar-refractivity contribution in [1.29, 1.82) is 0 Å². The van der Waals surface area contributed by atoms with Crippen molar-refractivity contribution in [2.24, 2.45) is 0 Å². The molecule has 3 rings (SSSR count). The Morgan fingerprint density at radius 2 is 0.824 bits per heavy atom. The summed E-state index contributed by atoms with van der Waals surface area (Å²) in [4.78, 5) is 49.4. The molecule has 0 amide bonds. The first-order valence-electron chi connectivity index (χ1n) is 4.47. The highest BCUT2D eigenvalue weighted by molar-refractivity contribution is 5.97. The molecular formula is C10H6N2O5. The molecule has 0 radical (unpaired) electrons. The van der Waals surface area contributed by atoms with Crippen LogP contribution in [0.15, 0.2) is 31.3 Å². The van der Waals surface area contributed by atoms with Crippen LogP contribution in [0.3, 0.4) is 0 Å². The Bertz CT molecular complexity index is 777. The number of aromatic nitrogens is 2. The SMILES string of the molecule is O.O=c1[nH]c(=O)c2cc3c(=O)[nH]c(=O)c3cc12. The van der Waals surface area contributed by atoms with E-state index in [4.69, 9.17) is 0 Å². The molecule has 0 aliphatic rings. The maximum Gasteiger partial charge on any atom is 0.258 e. The minimum Gasteiger partial charge on any atom is -0.412 e. The Morgan fingerprint density at radius 3 is 1.06 bits per heavy atom. The van der Waals surface area contributed by atoms with Crippen molar-refractivity contribution in [1.82, 2.24) is 9.97 Å². The summed E-state index contributed by atoms with van der Waals surface area (Å²) in [5.41, 5.74) is -2.19. The monoisotopic (exact) mass is 234 g/mol. The lowest BCUT2D eigenvalue weighted by atomic mass is 10.1. The van der Waals surface area contributed by atoms with Crippen molar-refractivity contribution in [3.63, 3.8) is 0 Å². The number of rotatable bonds is 0. The van der Waals surface area contributed by atoms with Crippen molar-refractivity contribution >= 4 is 21.5 Å². The summed E-state index contributed by atoms with van der Waals surface area (Å²) >= 11 is 0. The summed E-state index contributed by atoms with van der Waals surface area (Å²) in [7, 11) is 0. The van der Waals surface area contributed by atoms with Crippen LogP contribution in [0.4, 0.5) is 0 Å². The Kier molecular flexibility index (Phi) is 2.08. The number of benzene rings is 1. The molecule has 0 aliphatic carbocycles. The Balaban J connectivity index is 0.00000108. The second-order valence-electron chi connectivity index (χ2n) is 3.51. The third-order valence-electron chi connectivity index (χ3n) is 2.59. The number of fused-ring (bicyclic) bond motifs is 2. The van der Waals surface area contributed by atoms with Crippen LogP contribution in [0.2, 0.25) is 0 Å². The van der Waals surface area contributed by atoms with E-state index in [0.717, 1.165) is 0 Å². The van der Waals surface area contributed by atoms with Crippen LogP contribution >= 0.6 is 0 Å². The van der Waals surface area contributed by atoms with Gasteiger partial charge < -0.3 is 5.48 Å². The van der Waals surface area contributed by atoms with Crippen molar-refractivity contribution in [3.05, 3.63) is 53.5 Å². The largest absolute Gasteiger partial charge is 0.412 e. The van der Waals surface area contributed by atoms with Gasteiger partial charge in [-0.3, -0.25) is 29.1 Å². The lowest BCUT2D eigenvalue weighted by molar-refractivity contribution is 0.824. The normalized spacial score (nSPS) is 10.8. The maximum atomic E-state index is 11.3. The van der Waals surface area contributed by atoms with Gasteiger partial charge in [0, 0.05) is 0 Å². The van der Waals surface area contributed by atoms with Gasteiger partial charge in [0.2, 0.25) is 0 Å². The van der Waals surface area contributed by atoms with Crippen LogP contribution < -0.4 is 22.2 Å². The fourth-order valence-electron chi connectivity index (χ4n) is 1.83. The van der Waals surface area contributed by atoms with Gasteiger partial charge in [0.15, 0.2) is 0 Å². The van der Waals surface area contributed by atoms with E-state index in [2.05, 4.69) is 9.97 Å². The highest BCUT2D eigenvalue weighted by atomic mass is 16.2. The molecule has 7 heteroatoms. The van der Waals surface area contributed by atoms with Crippen molar-refractivity contribution in [2.45, 2.75) is 0 Å². The van der Waals surface area contributed by atoms with E-state index in [-0.39, 0.29) is 27.0 Å². The Hall–Kier alpha value is -2.54. The summed E-state index contributed by atoms with van der Waals surface area (Å²) in [5, 5.41) is 0.532. The number of H-pyrrole nitrogens is 2. The summed E-state index contributed by atoms with van der Waals surface area (Å²) in [6.45, 7) is 0. The molecule has 0 fully saturated rings. The minimum absolute atomic E-state index is 0.